The Hall–Kier alpha value is -2.08. The van der Waals surface area contributed by atoms with Crippen molar-refractivity contribution >= 4 is 0 Å². The van der Waals surface area contributed by atoms with Crippen LogP contribution in [0.3, 0.4) is 0 Å². The highest BCUT2D eigenvalue weighted by Crippen LogP contribution is 1.97. The van der Waals surface area contributed by atoms with Gasteiger partial charge < -0.3 is 4.57 Å². The zero-order chi connectivity index (χ0) is 10.5. The molecule has 2 rings (SSSR count). The third kappa shape index (κ3) is 2.68. The fourth-order valence-corrected chi connectivity index (χ4v) is 1.21. The van der Waals surface area contributed by atoms with Crippen LogP contribution in [0, 0.1) is 18.8 Å². The van der Waals surface area contributed by atoms with Gasteiger partial charge in [-0.3, -0.25) is 0 Å². The fourth-order valence-electron chi connectivity index (χ4n) is 1.21. The van der Waals surface area contributed by atoms with Crippen molar-refractivity contribution in [2.45, 2.75) is 13.5 Å². The monoisotopic (exact) mass is 197 g/mol. The minimum absolute atomic E-state index is 0.648. The number of rotatable bonds is 1. The number of hydrogen-bond acceptors (Lipinski definition) is 2. The number of hydrogen-bond donors (Lipinski definition) is 0. The van der Waals surface area contributed by atoms with Crippen molar-refractivity contribution in [1.29, 1.82) is 0 Å². The lowest BCUT2D eigenvalue weighted by Gasteiger charge is -1.92. The molecule has 0 amide bonds. The lowest BCUT2D eigenvalue weighted by atomic mass is 10.2. The Morgan fingerprint density at radius 1 is 1.40 bits per heavy atom. The summed E-state index contributed by atoms with van der Waals surface area (Å²) >= 11 is 0. The molecule has 0 saturated carbocycles. The van der Waals surface area contributed by atoms with Crippen molar-refractivity contribution in [1.82, 2.24) is 14.5 Å². The number of aryl methyl sites for hydroxylation is 1. The van der Waals surface area contributed by atoms with E-state index >= 15 is 0 Å². The summed E-state index contributed by atoms with van der Waals surface area (Å²) in [7, 11) is 0. The highest BCUT2D eigenvalue weighted by Gasteiger charge is 1.88. The third-order valence-electron chi connectivity index (χ3n) is 1.95. The minimum atomic E-state index is 0.648. The maximum absolute atomic E-state index is 4.16. The summed E-state index contributed by atoms with van der Waals surface area (Å²) in [4.78, 5) is 8.10. The molecule has 2 aromatic rings. The predicted octanol–water partition coefficient (Wildman–Crippen LogP) is 1.64. The molecule has 0 aliphatic rings. The normalized spacial score (nSPS) is 9.40. The molecule has 0 saturated heterocycles. The molecular weight excluding hydrogens is 186 g/mol. The molecule has 0 radical (unpaired) electrons. The zero-order valence-electron chi connectivity index (χ0n) is 8.51. The molecule has 0 unspecified atom stereocenters. The summed E-state index contributed by atoms with van der Waals surface area (Å²) in [5, 5.41) is 0. The van der Waals surface area contributed by atoms with Gasteiger partial charge in [-0.2, -0.15) is 0 Å². The van der Waals surface area contributed by atoms with E-state index in [0.29, 0.717) is 6.54 Å². The molecule has 74 valence electrons. The molecule has 0 fully saturated rings. The first kappa shape index (κ1) is 9.47. The first-order valence-electron chi connectivity index (χ1n) is 4.72. The molecule has 15 heavy (non-hydrogen) atoms. The van der Waals surface area contributed by atoms with E-state index in [0.717, 1.165) is 5.69 Å². The van der Waals surface area contributed by atoms with Gasteiger partial charge in [-0.25, -0.2) is 9.97 Å². The molecule has 0 spiro atoms. The lowest BCUT2D eigenvalue weighted by molar-refractivity contribution is 0.839. The number of aromatic nitrogens is 3. The van der Waals surface area contributed by atoms with Gasteiger partial charge in [0.1, 0.15) is 5.69 Å². The van der Waals surface area contributed by atoms with E-state index in [1.807, 2.05) is 29.8 Å². The van der Waals surface area contributed by atoms with Gasteiger partial charge in [0.05, 0.1) is 12.9 Å². The first-order chi connectivity index (χ1) is 7.34. The van der Waals surface area contributed by atoms with Crippen molar-refractivity contribution in [2.75, 3.05) is 0 Å². The van der Waals surface area contributed by atoms with Crippen LogP contribution in [0.25, 0.3) is 0 Å². The van der Waals surface area contributed by atoms with Crippen LogP contribution in [-0.4, -0.2) is 14.5 Å². The molecule has 0 bridgehead atoms. The van der Waals surface area contributed by atoms with Crippen LogP contribution >= 0.6 is 0 Å². The smallest absolute Gasteiger partial charge is 0.113 e. The topological polar surface area (TPSA) is 30.7 Å². The van der Waals surface area contributed by atoms with Crippen LogP contribution in [0.15, 0.2) is 37.1 Å². The zero-order valence-corrected chi connectivity index (χ0v) is 8.51. The molecule has 2 heterocycles. The Kier molecular flexibility index (Phi) is 2.80. The van der Waals surface area contributed by atoms with Gasteiger partial charge in [-0.15, -0.1) is 0 Å². The Balaban J connectivity index is 2.06. The van der Waals surface area contributed by atoms with E-state index < -0.39 is 0 Å². The maximum atomic E-state index is 4.16. The highest BCUT2D eigenvalue weighted by molar-refractivity contribution is 5.29. The van der Waals surface area contributed by atoms with E-state index in [1.54, 1.807) is 18.7 Å². The van der Waals surface area contributed by atoms with Gasteiger partial charge in [-0.05, 0) is 30.5 Å². The molecular formula is C12H11N3. The second-order valence-corrected chi connectivity index (χ2v) is 3.26. The molecule has 3 nitrogen and oxygen atoms in total. The Morgan fingerprint density at radius 2 is 2.33 bits per heavy atom. The fraction of sp³-hybridized carbons (Fsp3) is 0.167. The summed E-state index contributed by atoms with van der Waals surface area (Å²) in [5.74, 6) is 6.06. The summed E-state index contributed by atoms with van der Waals surface area (Å²) in [6.07, 6.45) is 7.15. The van der Waals surface area contributed by atoms with Crippen LogP contribution < -0.4 is 0 Å². The quantitative estimate of drug-likeness (QED) is 0.651. The molecule has 0 aliphatic carbocycles. The predicted molar refractivity (Wildman–Crippen MR) is 58.1 cm³/mol. The van der Waals surface area contributed by atoms with Crippen LogP contribution in [0.1, 0.15) is 11.3 Å². The van der Waals surface area contributed by atoms with E-state index in [2.05, 4.69) is 21.8 Å². The highest BCUT2D eigenvalue weighted by atomic mass is 15.0. The summed E-state index contributed by atoms with van der Waals surface area (Å²) < 4.78 is 1.92. The molecule has 0 aromatic carbocycles. The average molecular weight is 197 g/mol. The Bertz CT molecular complexity index is 489. The van der Waals surface area contributed by atoms with E-state index in [4.69, 9.17) is 0 Å². The Morgan fingerprint density at radius 3 is 3.07 bits per heavy atom. The molecule has 0 N–H and O–H groups in total. The second kappa shape index (κ2) is 4.43. The van der Waals surface area contributed by atoms with Gasteiger partial charge in [0.25, 0.3) is 0 Å². The third-order valence-corrected chi connectivity index (χ3v) is 1.95. The SMILES string of the molecule is Cc1ccnc(C#CCn2ccnc2)c1. The number of imidazole rings is 1. The number of pyridine rings is 1. The second-order valence-electron chi connectivity index (χ2n) is 3.26. The van der Waals surface area contributed by atoms with Gasteiger partial charge in [0, 0.05) is 18.6 Å². The van der Waals surface area contributed by atoms with Crippen molar-refractivity contribution in [3.63, 3.8) is 0 Å². The summed E-state index contributed by atoms with van der Waals surface area (Å²) in [6.45, 7) is 2.68. The van der Waals surface area contributed by atoms with E-state index in [1.165, 1.54) is 5.56 Å². The van der Waals surface area contributed by atoms with Crippen molar-refractivity contribution in [3.05, 3.63) is 48.3 Å². The lowest BCUT2D eigenvalue weighted by Crippen LogP contribution is -1.90. The summed E-state index contributed by atoms with van der Waals surface area (Å²) in [6, 6.07) is 3.93. The molecule has 0 aliphatic heterocycles. The maximum Gasteiger partial charge on any atom is 0.113 e. The minimum Gasteiger partial charge on any atom is -0.326 e. The van der Waals surface area contributed by atoms with Crippen LogP contribution in [0.5, 0.6) is 0 Å². The number of nitrogens with zero attached hydrogens (tertiary/aromatic N) is 3. The van der Waals surface area contributed by atoms with Gasteiger partial charge in [0.2, 0.25) is 0 Å². The van der Waals surface area contributed by atoms with Gasteiger partial charge >= 0.3 is 0 Å². The van der Waals surface area contributed by atoms with E-state index in [9.17, 15) is 0 Å². The Labute approximate surface area is 88.8 Å². The molecule has 3 heteroatoms. The largest absolute Gasteiger partial charge is 0.326 e. The molecule has 0 atom stereocenters. The molecule has 2 aromatic heterocycles. The van der Waals surface area contributed by atoms with Gasteiger partial charge in [-0.1, -0.05) is 5.92 Å². The first-order valence-corrected chi connectivity index (χ1v) is 4.72. The average Bonchev–Trinajstić information content (AvgIpc) is 2.71. The van der Waals surface area contributed by atoms with Crippen LogP contribution in [-0.2, 0) is 6.54 Å². The van der Waals surface area contributed by atoms with Crippen molar-refractivity contribution in [3.8, 4) is 11.8 Å². The van der Waals surface area contributed by atoms with Crippen LogP contribution in [0.2, 0.25) is 0 Å². The van der Waals surface area contributed by atoms with E-state index in [-0.39, 0.29) is 0 Å². The summed E-state index contributed by atoms with van der Waals surface area (Å²) in [5.41, 5.74) is 1.99. The standard InChI is InChI=1S/C12H11N3/c1-11-4-5-14-12(9-11)3-2-7-15-8-6-13-10-15/h4-6,8-10H,7H2,1H3. The van der Waals surface area contributed by atoms with Crippen molar-refractivity contribution < 1.29 is 0 Å². The van der Waals surface area contributed by atoms with Crippen molar-refractivity contribution in [2.24, 2.45) is 0 Å². The van der Waals surface area contributed by atoms with Gasteiger partial charge in [0.15, 0.2) is 0 Å². The van der Waals surface area contributed by atoms with Crippen LogP contribution in [0.4, 0.5) is 0 Å².